The number of rotatable bonds is 6. The highest BCUT2D eigenvalue weighted by atomic mass is 14.9. The quantitative estimate of drug-likeness (QED) is 0.797. The topological polar surface area (TPSA) is 35.8 Å². The number of nitriles is 1. The zero-order valence-electron chi connectivity index (χ0n) is 13.1. The van der Waals surface area contributed by atoms with Crippen molar-refractivity contribution in [3.8, 4) is 6.07 Å². The van der Waals surface area contributed by atoms with Crippen molar-refractivity contribution in [3.63, 3.8) is 0 Å². The van der Waals surface area contributed by atoms with Crippen molar-refractivity contribution in [2.45, 2.75) is 25.9 Å². The molecule has 0 unspecified atom stereocenters. The molecule has 1 atom stereocenters. The summed E-state index contributed by atoms with van der Waals surface area (Å²) in [6.07, 6.45) is 4.01. The largest absolute Gasteiger partial charge is 0.288 e. The molecule has 2 aromatic carbocycles. The normalized spacial score (nSPS) is 12.7. The summed E-state index contributed by atoms with van der Waals surface area (Å²) in [7, 11) is 0. The highest BCUT2D eigenvalue weighted by molar-refractivity contribution is 5.32. The number of nitrogens with one attached hydrogen (secondary N) is 1. The van der Waals surface area contributed by atoms with Crippen molar-refractivity contribution in [1.29, 1.82) is 5.26 Å². The van der Waals surface area contributed by atoms with Gasteiger partial charge >= 0.3 is 0 Å². The number of nitrogens with zero attached hydrogens (tertiary/aromatic N) is 1. The smallest absolute Gasteiger partial charge is 0.115 e. The van der Waals surface area contributed by atoms with Crippen LogP contribution < -0.4 is 5.32 Å². The Balaban J connectivity index is 2.28. The summed E-state index contributed by atoms with van der Waals surface area (Å²) in [6, 6.07) is 22.5. The third-order valence-electron chi connectivity index (χ3n) is 3.44. The fourth-order valence-electron chi connectivity index (χ4n) is 2.32. The van der Waals surface area contributed by atoms with Crippen molar-refractivity contribution in [2.24, 2.45) is 5.92 Å². The van der Waals surface area contributed by atoms with Gasteiger partial charge in [0, 0.05) is 0 Å². The molecule has 0 amide bonds. The van der Waals surface area contributed by atoms with Crippen LogP contribution in [0.4, 0.5) is 0 Å². The predicted octanol–water partition coefficient (Wildman–Crippen LogP) is 4.47. The highest BCUT2D eigenvalue weighted by Gasteiger charge is 2.16. The van der Waals surface area contributed by atoms with Gasteiger partial charge in [0.1, 0.15) is 6.04 Å². The Labute approximate surface area is 133 Å². The third kappa shape index (κ3) is 4.58. The number of allylic oxidation sites excluding steroid dienone is 1. The molecule has 0 fully saturated rings. The second kappa shape index (κ2) is 8.17. The molecular formula is C20H22N2. The molecule has 0 aliphatic rings. The van der Waals surface area contributed by atoms with Crippen molar-refractivity contribution in [1.82, 2.24) is 5.32 Å². The highest BCUT2D eigenvalue weighted by Crippen LogP contribution is 2.22. The lowest BCUT2D eigenvalue weighted by Gasteiger charge is -2.21. The first kappa shape index (κ1) is 16.0. The van der Waals surface area contributed by atoms with Gasteiger partial charge in [0.05, 0.1) is 12.1 Å². The first-order valence-corrected chi connectivity index (χ1v) is 7.64. The molecule has 2 nitrogen and oxygen atoms in total. The van der Waals surface area contributed by atoms with Crippen molar-refractivity contribution in [2.75, 3.05) is 0 Å². The Hall–Kier alpha value is -2.37. The van der Waals surface area contributed by atoms with Crippen LogP contribution in [0.1, 0.15) is 31.0 Å². The Morgan fingerprint density at radius 2 is 1.36 bits per heavy atom. The van der Waals surface area contributed by atoms with Crippen molar-refractivity contribution in [3.05, 3.63) is 83.9 Å². The van der Waals surface area contributed by atoms with Crippen molar-refractivity contribution >= 4 is 0 Å². The van der Waals surface area contributed by atoms with E-state index in [1.54, 1.807) is 0 Å². The van der Waals surface area contributed by atoms with E-state index in [2.05, 4.69) is 55.6 Å². The fourth-order valence-corrected chi connectivity index (χ4v) is 2.32. The Bertz CT molecular complexity index is 584. The van der Waals surface area contributed by atoms with Gasteiger partial charge in [0.2, 0.25) is 0 Å². The summed E-state index contributed by atoms with van der Waals surface area (Å²) in [4.78, 5) is 0. The minimum atomic E-state index is -0.312. The first-order chi connectivity index (χ1) is 10.7. The molecule has 1 N–H and O–H groups in total. The second-order valence-corrected chi connectivity index (χ2v) is 5.66. The number of hydrogen-bond acceptors (Lipinski definition) is 2. The van der Waals surface area contributed by atoms with Crippen LogP contribution in [-0.2, 0) is 0 Å². The molecule has 22 heavy (non-hydrogen) atoms. The van der Waals surface area contributed by atoms with Gasteiger partial charge in [0.25, 0.3) is 0 Å². The van der Waals surface area contributed by atoms with Gasteiger partial charge in [-0.3, -0.25) is 5.32 Å². The van der Waals surface area contributed by atoms with Crippen LogP contribution in [0.25, 0.3) is 0 Å². The molecule has 0 aromatic heterocycles. The lowest BCUT2D eigenvalue weighted by Crippen LogP contribution is -2.31. The average molecular weight is 290 g/mol. The summed E-state index contributed by atoms with van der Waals surface area (Å²) in [5, 5.41) is 12.9. The zero-order chi connectivity index (χ0) is 15.8. The molecular weight excluding hydrogens is 268 g/mol. The summed E-state index contributed by atoms with van der Waals surface area (Å²) in [6.45, 7) is 4.22. The van der Waals surface area contributed by atoms with Crippen LogP contribution in [-0.4, -0.2) is 6.04 Å². The van der Waals surface area contributed by atoms with Gasteiger partial charge in [-0.25, -0.2) is 0 Å². The second-order valence-electron chi connectivity index (χ2n) is 5.66. The Morgan fingerprint density at radius 3 is 1.77 bits per heavy atom. The van der Waals surface area contributed by atoms with Gasteiger partial charge in [-0.05, 0) is 17.0 Å². The number of hydrogen-bond donors (Lipinski definition) is 1. The van der Waals surface area contributed by atoms with E-state index in [-0.39, 0.29) is 12.1 Å². The van der Waals surface area contributed by atoms with E-state index in [0.29, 0.717) is 5.92 Å². The molecule has 2 rings (SSSR count). The van der Waals surface area contributed by atoms with E-state index in [4.69, 9.17) is 0 Å². The van der Waals surface area contributed by atoms with Crippen LogP contribution in [0.2, 0.25) is 0 Å². The predicted molar refractivity (Wildman–Crippen MR) is 91.2 cm³/mol. The minimum Gasteiger partial charge on any atom is -0.288 e. The maximum Gasteiger partial charge on any atom is 0.115 e. The molecule has 2 heteroatoms. The van der Waals surface area contributed by atoms with Gasteiger partial charge in [0.15, 0.2) is 0 Å². The zero-order valence-corrected chi connectivity index (χ0v) is 13.1. The van der Waals surface area contributed by atoms with Crippen LogP contribution in [0.3, 0.4) is 0 Å². The summed E-state index contributed by atoms with van der Waals surface area (Å²) < 4.78 is 0. The third-order valence-corrected chi connectivity index (χ3v) is 3.44. The molecule has 0 saturated heterocycles. The molecule has 0 spiro atoms. The molecule has 0 saturated carbocycles. The molecule has 112 valence electrons. The SMILES string of the molecule is CC(C)/C=C/[C@@H](C#N)NC(c1ccccc1)c1ccccc1. The molecule has 0 aliphatic carbocycles. The van der Waals surface area contributed by atoms with E-state index >= 15 is 0 Å². The van der Waals surface area contributed by atoms with Crippen LogP contribution in [0.5, 0.6) is 0 Å². The summed E-state index contributed by atoms with van der Waals surface area (Å²) in [5.41, 5.74) is 2.32. The Kier molecular flexibility index (Phi) is 5.94. The van der Waals surface area contributed by atoms with E-state index < -0.39 is 0 Å². The number of benzene rings is 2. The van der Waals surface area contributed by atoms with Gasteiger partial charge < -0.3 is 0 Å². The molecule has 0 aliphatic heterocycles. The van der Waals surface area contributed by atoms with Crippen molar-refractivity contribution < 1.29 is 0 Å². The summed E-state index contributed by atoms with van der Waals surface area (Å²) >= 11 is 0. The maximum atomic E-state index is 9.42. The molecule has 2 aromatic rings. The van der Waals surface area contributed by atoms with E-state index in [0.717, 1.165) is 11.1 Å². The standard InChI is InChI=1S/C20H22N2/c1-16(2)13-14-19(15-21)22-20(17-9-5-3-6-10-17)18-11-7-4-8-12-18/h3-14,16,19-20,22H,1-2H3/b14-13+/t19-/m0/s1. The average Bonchev–Trinajstić information content (AvgIpc) is 2.56. The lowest BCUT2D eigenvalue weighted by atomic mass is 9.97. The van der Waals surface area contributed by atoms with E-state index in [9.17, 15) is 5.26 Å². The van der Waals surface area contributed by atoms with E-state index in [1.165, 1.54) is 0 Å². The summed E-state index contributed by atoms with van der Waals surface area (Å²) in [5.74, 6) is 0.435. The first-order valence-electron chi connectivity index (χ1n) is 7.64. The molecule has 0 radical (unpaired) electrons. The van der Waals surface area contributed by atoms with Gasteiger partial charge in [-0.15, -0.1) is 0 Å². The van der Waals surface area contributed by atoms with Gasteiger partial charge in [-0.2, -0.15) is 5.26 Å². The maximum absolute atomic E-state index is 9.42. The van der Waals surface area contributed by atoms with Crippen LogP contribution >= 0.6 is 0 Å². The minimum absolute atomic E-state index is 0.00358. The fraction of sp³-hybridized carbons (Fsp3) is 0.250. The van der Waals surface area contributed by atoms with Gasteiger partial charge in [-0.1, -0.05) is 86.7 Å². The Morgan fingerprint density at radius 1 is 0.864 bits per heavy atom. The lowest BCUT2D eigenvalue weighted by molar-refractivity contribution is 0.596. The van der Waals surface area contributed by atoms with Crippen LogP contribution in [0.15, 0.2) is 72.8 Å². The monoisotopic (exact) mass is 290 g/mol. The van der Waals surface area contributed by atoms with Crippen LogP contribution in [0, 0.1) is 17.2 Å². The molecule has 0 heterocycles. The molecule has 0 bridgehead atoms. The van der Waals surface area contributed by atoms with E-state index in [1.807, 2.05) is 42.5 Å².